The molecule has 1 saturated carbocycles. The highest BCUT2D eigenvalue weighted by molar-refractivity contribution is 7.80. The van der Waals surface area contributed by atoms with Gasteiger partial charge in [-0.25, -0.2) is 4.79 Å². The van der Waals surface area contributed by atoms with Gasteiger partial charge in [-0.15, -0.1) is 0 Å². The maximum atomic E-state index is 11.2. The van der Waals surface area contributed by atoms with Gasteiger partial charge in [0.15, 0.2) is 5.11 Å². The zero-order chi connectivity index (χ0) is 26.1. The molecule has 2 fully saturated rings. The number of carboxylic acids is 1. The fourth-order valence-electron chi connectivity index (χ4n) is 5.25. The van der Waals surface area contributed by atoms with Crippen LogP contribution in [0.5, 0.6) is 5.75 Å². The first kappa shape index (κ1) is 24.2. The van der Waals surface area contributed by atoms with Gasteiger partial charge in [0.1, 0.15) is 23.3 Å². The van der Waals surface area contributed by atoms with Gasteiger partial charge in [0, 0.05) is 17.4 Å². The third-order valence-electron chi connectivity index (χ3n) is 7.15. The van der Waals surface area contributed by atoms with Gasteiger partial charge < -0.3 is 24.5 Å². The van der Waals surface area contributed by atoms with Crippen LogP contribution in [0.25, 0.3) is 11.3 Å². The van der Waals surface area contributed by atoms with E-state index >= 15 is 0 Å². The highest BCUT2D eigenvalue weighted by atomic mass is 32.1. The molecule has 0 spiro atoms. The van der Waals surface area contributed by atoms with Crippen molar-refractivity contribution in [1.29, 1.82) is 0 Å². The second-order valence-electron chi connectivity index (χ2n) is 9.60. The quantitative estimate of drug-likeness (QED) is 0.263. The van der Waals surface area contributed by atoms with Gasteiger partial charge in [-0.3, -0.25) is 4.98 Å². The maximum absolute atomic E-state index is 11.2. The summed E-state index contributed by atoms with van der Waals surface area (Å²) < 4.78 is 12.5. The molecule has 0 unspecified atom stereocenters. The minimum absolute atomic E-state index is 0.229. The van der Waals surface area contributed by atoms with Crippen LogP contribution >= 0.6 is 12.2 Å². The largest absolute Gasteiger partial charge is 0.490 e. The molecule has 2 aromatic carbocycles. The molecular weight excluding hydrogens is 498 g/mol. The lowest BCUT2D eigenvalue weighted by atomic mass is 10.0. The van der Waals surface area contributed by atoms with E-state index in [4.69, 9.17) is 21.4 Å². The lowest BCUT2D eigenvalue weighted by Crippen LogP contribution is -2.29. The SMILES string of the molecule is O=C(O)c1ccc(-c2ccc([C@@H]3[C@@H](c4ccccn4)NC(=S)N3c3ccc(OC4CCCC4)cc3)o2)cc1. The monoisotopic (exact) mass is 525 g/mol. The van der Waals surface area contributed by atoms with Crippen molar-refractivity contribution in [3.63, 3.8) is 0 Å². The first-order valence-electron chi connectivity index (χ1n) is 12.8. The van der Waals surface area contributed by atoms with E-state index in [9.17, 15) is 9.90 Å². The van der Waals surface area contributed by atoms with Crippen molar-refractivity contribution in [3.05, 3.63) is 102 Å². The van der Waals surface area contributed by atoms with Crippen molar-refractivity contribution in [2.24, 2.45) is 0 Å². The van der Waals surface area contributed by atoms with Crippen molar-refractivity contribution >= 4 is 29.0 Å². The summed E-state index contributed by atoms with van der Waals surface area (Å²) in [5, 5.41) is 13.2. The number of carbonyl (C=O) groups is 1. The van der Waals surface area contributed by atoms with E-state index < -0.39 is 5.97 Å². The van der Waals surface area contributed by atoms with E-state index in [0.29, 0.717) is 17.0 Å². The molecule has 0 bridgehead atoms. The van der Waals surface area contributed by atoms with Crippen molar-refractivity contribution in [2.45, 2.75) is 43.9 Å². The van der Waals surface area contributed by atoms with Gasteiger partial charge in [-0.05, 0) is 98.6 Å². The number of hydrogen-bond donors (Lipinski definition) is 2. The molecule has 6 rings (SSSR count). The van der Waals surface area contributed by atoms with Crippen molar-refractivity contribution in [2.75, 3.05) is 4.90 Å². The number of thiocarbonyl (C=S) groups is 1. The fourth-order valence-corrected chi connectivity index (χ4v) is 5.60. The molecule has 1 aliphatic carbocycles. The van der Waals surface area contributed by atoms with Gasteiger partial charge in [0.25, 0.3) is 0 Å². The lowest BCUT2D eigenvalue weighted by Gasteiger charge is -2.26. The molecule has 2 aromatic heterocycles. The van der Waals surface area contributed by atoms with Gasteiger partial charge in [-0.2, -0.15) is 0 Å². The van der Waals surface area contributed by atoms with E-state index in [0.717, 1.165) is 41.3 Å². The van der Waals surface area contributed by atoms with Crippen LogP contribution in [-0.2, 0) is 0 Å². The first-order chi connectivity index (χ1) is 18.6. The second-order valence-corrected chi connectivity index (χ2v) is 9.99. The first-order valence-corrected chi connectivity index (χ1v) is 13.2. The second kappa shape index (κ2) is 10.3. The Balaban J connectivity index is 1.33. The Morgan fingerprint density at radius 2 is 1.76 bits per heavy atom. The number of nitrogens with zero attached hydrogens (tertiary/aromatic N) is 2. The molecule has 3 heterocycles. The third-order valence-corrected chi connectivity index (χ3v) is 7.47. The fraction of sp³-hybridized carbons (Fsp3) is 0.233. The summed E-state index contributed by atoms with van der Waals surface area (Å²) in [5.74, 6) is 1.27. The maximum Gasteiger partial charge on any atom is 0.335 e. The summed E-state index contributed by atoms with van der Waals surface area (Å²) in [7, 11) is 0. The summed E-state index contributed by atoms with van der Waals surface area (Å²) in [4.78, 5) is 17.9. The smallest absolute Gasteiger partial charge is 0.335 e. The zero-order valence-electron chi connectivity index (χ0n) is 20.6. The molecule has 0 radical (unpaired) electrons. The minimum atomic E-state index is -0.962. The van der Waals surface area contributed by atoms with Crippen LogP contribution < -0.4 is 15.0 Å². The van der Waals surface area contributed by atoms with Crippen LogP contribution in [0.2, 0.25) is 0 Å². The highest BCUT2D eigenvalue weighted by Crippen LogP contribution is 2.43. The van der Waals surface area contributed by atoms with E-state index in [1.54, 1.807) is 30.5 Å². The number of pyridine rings is 1. The number of benzene rings is 2. The molecular formula is C30H27N3O4S. The van der Waals surface area contributed by atoms with Crippen LogP contribution in [0.3, 0.4) is 0 Å². The van der Waals surface area contributed by atoms with Crippen molar-refractivity contribution in [1.82, 2.24) is 10.3 Å². The lowest BCUT2D eigenvalue weighted by molar-refractivity contribution is 0.0697. The zero-order valence-corrected chi connectivity index (χ0v) is 21.4. The van der Waals surface area contributed by atoms with Crippen LogP contribution in [0, 0.1) is 0 Å². The van der Waals surface area contributed by atoms with Crippen molar-refractivity contribution in [3.8, 4) is 17.1 Å². The number of anilines is 1. The normalized spacial score (nSPS) is 19.5. The summed E-state index contributed by atoms with van der Waals surface area (Å²) in [6, 6.07) is 23.9. The third kappa shape index (κ3) is 4.75. The van der Waals surface area contributed by atoms with Gasteiger partial charge in [0.05, 0.1) is 23.4 Å². The van der Waals surface area contributed by atoms with E-state index in [1.165, 1.54) is 12.8 Å². The molecule has 1 aliphatic heterocycles. The summed E-state index contributed by atoms with van der Waals surface area (Å²) in [6.07, 6.45) is 6.73. The number of rotatable bonds is 7. The molecule has 1 saturated heterocycles. The number of hydrogen-bond acceptors (Lipinski definition) is 5. The topological polar surface area (TPSA) is 87.8 Å². The summed E-state index contributed by atoms with van der Waals surface area (Å²) in [5.41, 5.74) is 2.80. The predicted molar refractivity (Wildman–Crippen MR) is 148 cm³/mol. The number of aromatic carboxylic acids is 1. The summed E-state index contributed by atoms with van der Waals surface area (Å²) >= 11 is 5.82. The molecule has 192 valence electrons. The number of ether oxygens (including phenoxy) is 1. The van der Waals surface area contributed by atoms with Crippen molar-refractivity contribution < 1.29 is 19.1 Å². The Morgan fingerprint density at radius 1 is 1.00 bits per heavy atom. The average Bonchev–Trinajstić information content (AvgIpc) is 3.70. The highest BCUT2D eigenvalue weighted by Gasteiger charge is 2.42. The van der Waals surface area contributed by atoms with E-state index in [2.05, 4.69) is 15.2 Å². The van der Waals surface area contributed by atoms with E-state index in [-0.39, 0.29) is 17.6 Å². The Bertz CT molecular complexity index is 1430. The Hall–Kier alpha value is -4.17. The van der Waals surface area contributed by atoms with E-state index in [1.807, 2.05) is 54.6 Å². The van der Waals surface area contributed by atoms with Crippen LogP contribution in [0.15, 0.2) is 89.5 Å². The minimum Gasteiger partial charge on any atom is -0.490 e. The van der Waals surface area contributed by atoms with Crippen LogP contribution in [0.1, 0.15) is 59.6 Å². The molecule has 38 heavy (non-hydrogen) atoms. The van der Waals surface area contributed by atoms with Gasteiger partial charge >= 0.3 is 5.97 Å². The van der Waals surface area contributed by atoms with Gasteiger partial charge in [0.2, 0.25) is 0 Å². The Kier molecular flexibility index (Phi) is 6.55. The molecule has 4 aromatic rings. The molecule has 7 nitrogen and oxygen atoms in total. The van der Waals surface area contributed by atoms with Gasteiger partial charge in [-0.1, -0.05) is 18.2 Å². The average molecular weight is 526 g/mol. The number of aromatic nitrogens is 1. The Morgan fingerprint density at radius 3 is 2.45 bits per heavy atom. The summed E-state index contributed by atoms with van der Waals surface area (Å²) in [6.45, 7) is 0. The predicted octanol–water partition coefficient (Wildman–Crippen LogP) is 6.54. The molecule has 8 heteroatoms. The molecule has 2 atom stereocenters. The number of furan rings is 1. The molecule has 2 N–H and O–H groups in total. The van der Waals surface area contributed by atoms with Crippen LogP contribution in [0.4, 0.5) is 5.69 Å². The Labute approximate surface area is 226 Å². The number of nitrogens with one attached hydrogen (secondary N) is 1. The standard InChI is InChI=1S/C30H27N3O4S/c34-29(35)20-10-8-19(9-11-20)25-16-17-26(37-25)28-27(24-7-3-4-18-31-24)32-30(38)33(28)21-12-14-23(15-13-21)36-22-5-1-2-6-22/h3-4,7-18,22,27-28H,1-2,5-6H2,(H,32,38)(H,34,35)/t27-,28-/m1/s1. The molecule has 0 amide bonds. The number of carboxylic acid groups (broad SMARTS) is 1. The molecule has 2 aliphatic rings. The van der Waals surface area contributed by atoms with Crippen LogP contribution in [-0.4, -0.2) is 27.3 Å².